The van der Waals surface area contributed by atoms with Gasteiger partial charge in [0.15, 0.2) is 5.82 Å². The first-order chi connectivity index (χ1) is 8.78. The second-order valence-corrected chi connectivity index (χ2v) is 4.93. The maximum Gasteiger partial charge on any atom is 0.246 e. The van der Waals surface area contributed by atoms with E-state index in [1.807, 2.05) is 25.3 Å². The molecule has 18 heavy (non-hydrogen) atoms. The third kappa shape index (κ3) is 1.95. The monoisotopic (exact) mass is 305 g/mol. The van der Waals surface area contributed by atoms with Gasteiger partial charge in [-0.25, -0.2) is 0 Å². The fraction of sp³-hybridized carbons (Fsp3) is 0.231. The highest BCUT2D eigenvalue weighted by molar-refractivity contribution is 9.10. The van der Waals surface area contributed by atoms with E-state index in [0.29, 0.717) is 12.4 Å². The van der Waals surface area contributed by atoms with Gasteiger partial charge < -0.3 is 9.09 Å². The third-order valence-electron chi connectivity index (χ3n) is 2.89. The van der Waals surface area contributed by atoms with Crippen LogP contribution in [0.4, 0.5) is 0 Å². The quantitative estimate of drug-likeness (QED) is 0.745. The highest BCUT2D eigenvalue weighted by atomic mass is 79.9. The maximum absolute atomic E-state index is 5.21. The van der Waals surface area contributed by atoms with Crippen molar-refractivity contribution in [2.24, 2.45) is 0 Å². The van der Waals surface area contributed by atoms with Crippen molar-refractivity contribution < 1.29 is 4.52 Å². The molecule has 4 nitrogen and oxygen atoms in total. The molecule has 0 aliphatic carbocycles. The van der Waals surface area contributed by atoms with Gasteiger partial charge in [-0.1, -0.05) is 34.1 Å². The molecule has 0 saturated carbocycles. The Morgan fingerprint density at radius 1 is 1.33 bits per heavy atom. The van der Waals surface area contributed by atoms with Gasteiger partial charge in [0, 0.05) is 28.0 Å². The van der Waals surface area contributed by atoms with E-state index in [9.17, 15) is 0 Å². The molecular formula is C13H12BrN3O. The smallest absolute Gasteiger partial charge is 0.246 e. The average molecular weight is 306 g/mol. The topological polar surface area (TPSA) is 43.9 Å². The van der Waals surface area contributed by atoms with E-state index in [1.165, 1.54) is 5.39 Å². The van der Waals surface area contributed by atoms with E-state index in [0.717, 1.165) is 22.2 Å². The molecule has 0 spiro atoms. The lowest BCUT2D eigenvalue weighted by Crippen LogP contribution is -1.98. The van der Waals surface area contributed by atoms with Crippen molar-refractivity contribution in [2.45, 2.75) is 19.9 Å². The summed E-state index contributed by atoms with van der Waals surface area (Å²) in [5, 5.41) is 5.09. The number of aryl methyl sites for hydroxylation is 1. The summed E-state index contributed by atoms with van der Waals surface area (Å²) in [6.07, 6.45) is 2.83. The fourth-order valence-corrected chi connectivity index (χ4v) is 2.46. The minimum atomic E-state index is 0.604. The van der Waals surface area contributed by atoms with Crippen molar-refractivity contribution >= 4 is 26.8 Å². The Hall–Kier alpha value is -1.62. The van der Waals surface area contributed by atoms with E-state index < -0.39 is 0 Å². The molecule has 5 heteroatoms. The third-order valence-corrected chi connectivity index (χ3v) is 3.58. The predicted octanol–water partition coefficient (Wildman–Crippen LogP) is 3.40. The van der Waals surface area contributed by atoms with Crippen LogP contribution in [0.1, 0.15) is 18.6 Å². The first kappa shape index (κ1) is 11.5. The molecule has 0 atom stereocenters. The largest absolute Gasteiger partial charge is 0.338 e. The normalized spacial score (nSPS) is 11.2. The summed E-state index contributed by atoms with van der Waals surface area (Å²) < 4.78 is 8.41. The highest BCUT2D eigenvalue weighted by Gasteiger charge is 2.08. The van der Waals surface area contributed by atoms with Crippen LogP contribution in [0.2, 0.25) is 0 Å². The second kappa shape index (κ2) is 4.57. The number of aromatic nitrogens is 3. The van der Waals surface area contributed by atoms with Gasteiger partial charge in [-0.05, 0) is 18.2 Å². The van der Waals surface area contributed by atoms with Crippen molar-refractivity contribution in [3.05, 3.63) is 46.7 Å². The van der Waals surface area contributed by atoms with E-state index in [-0.39, 0.29) is 0 Å². The lowest BCUT2D eigenvalue weighted by molar-refractivity contribution is 0.368. The summed E-state index contributed by atoms with van der Waals surface area (Å²) in [7, 11) is 0. The Bertz CT molecular complexity index is 686. The van der Waals surface area contributed by atoms with Crippen molar-refractivity contribution in [2.75, 3.05) is 0 Å². The predicted molar refractivity (Wildman–Crippen MR) is 72.4 cm³/mol. The Morgan fingerprint density at radius 3 is 3.00 bits per heavy atom. The molecular weight excluding hydrogens is 294 g/mol. The summed E-state index contributed by atoms with van der Waals surface area (Å²) in [5.74, 6) is 1.40. The minimum absolute atomic E-state index is 0.604. The number of hydrogen-bond donors (Lipinski definition) is 0. The van der Waals surface area contributed by atoms with Crippen LogP contribution in [-0.2, 0) is 13.0 Å². The number of benzene rings is 1. The first-order valence-corrected chi connectivity index (χ1v) is 6.62. The number of nitrogens with zero attached hydrogens (tertiary/aromatic N) is 3. The second-order valence-electron chi connectivity index (χ2n) is 4.07. The molecule has 3 rings (SSSR count). The molecule has 0 saturated heterocycles. The zero-order chi connectivity index (χ0) is 12.5. The Balaban J connectivity index is 1.97. The van der Waals surface area contributed by atoms with Crippen LogP contribution < -0.4 is 0 Å². The lowest BCUT2D eigenvalue weighted by Gasteiger charge is -2.01. The highest BCUT2D eigenvalue weighted by Crippen LogP contribution is 2.25. The summed E-state index contributed by atoms with van der Waals surface area (Å²) in [4.78, 5) is 4.32. The number of fused-ring (bicyclic) bond motifs is 1. The molecule has 0 radical (unpaired) electrons. The van der Waals surface area contributed by atoms with Crippen molar-refractivity contribution in [1.82, 2.24) is 14.7 Å². The van der Waals surface area contributed by atoms with Crippen molar-refractivity contribution in [3.63, 3.8) is 0 Å². The van der Waals surface area contributed by atoms with E-state index >= 15 is 0 Å². The summed E-state index contributed by atoms with van der Waals surface area (Å²) in [6.45, 7) is 2.61. The molecule has 0 N–H and O–H groups in total. The molecule has 0 amide bonds. The van der Waals surface area contributed by atoms with Gasteiger partial charge in [0.05, 0.1) is 0 Å². The zero-order valence-electron chi connectivity index (χ0n) is 9.93. The first-order valence-electron chi connectivity index (χ1n) is 5.82. The fourth-order valence-electron chi connectivity index (χ4n) is 1.97. The van der Waals surface area contributed by atoms with Crippen LogP contribution in [0.3, 0.4) is 0 Å². The molecule has 0 bridgehead atoms. The summed E-state index contributed by atoms with van der Waals surface area (Å²) in [6, 6.07) is 8.22. The minimum Gasteiger partial charge on any atom is -0.338 e. The molecule has 3 aromatic rings. The maximum atomic E-state index is 5.21. The van der Waals surface area contributed by atoms with Crippen LogP contribution in [0, 0.1) is 0 Å². The van der Waals surface area contributed by atoms with Crippen LogP contribution in [0.5, 0.6) is 0 Å². The Labute approximate surface area is 113 Å². The number of rotatable bonds is 3. The molecule has 2 heterocycles. The molecule has 0 unspecified atom stereocenters. The van der Waals surface area contributed by atoms with Crippen molar-refractivity contribution in [1.29, 1.82) is 0 Å². The van der Waals surface area contributed by atoms with Gasteiger partial charge in [0.25, 0.3) is 0 Å². The van der Waals surface area contributed by atoms with Crippen LogP contribution in [-0.4, -0.2) is 14.7 Å². The summed E-state index contributed by atoms with van der Waals surface area (Å²) >= 11 is 3.55. The van der Waals surface area contributed by atoms with Crippen LogP contribution in [0.15, 0.2) is 39.5 Å². The molecule has 2 aromatic heterocycles. The average Bonchev–Trinajstić information content (AvgIpc) is 2.98. The van der Waals surface area contributed by atoms with E-state index in [2.05, 4.69) is 42.8 Å². The molecule has 0 aliphatic heterocycles. The van der Waals surface area contributed by atoms with Crippen LogP contribution >= 0.6 is 15.9 Å². The van der Waals surface area contributed by atoms with Crippen LogP contribution in [0.25, 0.3) is 10.9 Å². The van der Waals surface area contributed by atoms with Gasteiger partial charge in [0.1, 0.15) is 6.54 Å². The van der Waals surface area contributed by atoms with Gasteiger partial charge in [-0.15, -0.1) is 0 Å². The Kier molecular flexibility index (Phi) is 2.91. The van der Waals surface area contributed by atoms with Gasteiger partial charge in [0.2, 0.25) is 5.89 Å². The molecule has 0 fully saturated rings. The lowest BCUT2D eigenvalue weighted by atomic mass is 10.2. The van der Waals surface area contributed by atoms with E-state index in [4.69, 9.17) is 4.52 Å². The number of halogens is 1. The van der Waals surface area contributed by atoms with Gasteiger partial charge in [-0.3, -0.25) is 0 Å². The van der Waals surface area contributed by atoms with Gasteiger partial charge in [-0.2, -0.15) is 4.98 Å². The Morgan fingerprint density at radius 2 is 2.22 bits per heavy atom. The summed E-state index contributed by atoms with van der Waals surface area (Å²) in [5.41, 5.74) is 1.15. The number of hydrogen-bond acceptors (Lipinski definition) is 3. The van der Waals surface area contributed by atoms with Crippen molar-refractivity contribution in [3.8, 4) is 0 Å². The molecule has 0 aliphatic rings. The zero-order valence-corrected chi connectivity index (χ0v) is 11.5. The van der Waals surface area contributed by atoms with Gasteiger partial charge >= 0.3 is 0 Å². The standard InChI is InChI=1S/C13H12BrN3O/c1-2-12-15-13(18-16-12)8-17-7-6-9-10(14)4-3-5-11(9)17/h3-7H,2,8H2,1H3. The molecule has 92 valence electrons. The SMILES string of the molecule is CCc1noc(Cn2ccc3c(Br)cccc32)n1. The van der Waals surface area contributed by atoms with E-state index in [1.54, 1.807) is 0 Å². The molecule has 1 aromatic carbocycles.